The lowest BCUT2D eigenvalue weighted by molar-refractivity contribution is 0.0985. The van der Waals surface area contributed by atoms with E-state index in [2.05, 4.69) is 15.9 Å². The van der Waals surface area contributed by atoms with Gasteiger partial charge in [0.05, 0.1) is 5.56 Å². The molecule has 14 heavy (non-hydrogen) atoms. The molecule has 0 aliphatic rings. The van der Waals surface area contributed by atoms with E-state index in [1.165, 1.54) is 17.8 Å². The van der Waals surface area contributed by atoms with Gasteiger partial charge in [-0.2, -0.15) is 0 Å². The van der Waals surface area contributed by atoms with Crippen molar-refractivity contribution in [3.63, 3.8) is 0 Å². The molecule has 0 aliphatic carbocycles. The molecule has 0 spiro atoms. The summed E-state index contributed by atoms with van der Waals surface area (Å²) in [5, 5.41) is 0.564. The first kappa shape index (κ1) is 11.7. The number of hydrogen-bond donors (Lipinski definition) is 0. The molecular weight excluding hydrogens is 267 g/mol. The maximum absolute atomic E-state index is 13.6. The SMILES string of the molecule is CSc1cccc(C(=O)CCBr)c1F. The molecule has 4 heteroatoms. The second-order valence-electron chi connectivity index (χ2n) is 2.68. The number of carbonyl (C=O) groups excluding carboxylic acids is 1. The van der Waals surface area contributed by atoms with Crippen LogP contribution in [0.15, 0.2) is 23.1 Å². The topological polar surface area (TPSA) is 17.1 Å². The molecule has 0 saturated heterocycles. The quantitative estimate of drug-likeness (QED) is 0.476. The van der Waals surface area contributed by atoms with Gasteiger partial charge in [-0.3, -0.25) is 4.79 Å². The fraction of sp³-hybridized carbons (Fsp3) is 0.300. The minimum Gasteiger partial charge on any atom is -0.294 e. The average molecular weight is 277 g/mol. The van der Waals surface area contributed by atoms with E-state index in [0.29, 0.717) is 16.6 Å². The Hall–Kier alpha value is -0.350. The highest BCUT2D eigenvalue weighted by atomic mass is 79.9. The van der Waals surface area contributed by atoms with Gasteiger partial charge in [-0.1, -0.05) is 22.0 Å². The molecule has 0 radical (unpaired) electrons. The third kappa shape index (κ3) is 2.58. The molecule has 0 atom stereocenters. The first-order valence-corrected chi connectivity index (χ1v) is 6.47. The Balaban J connectivity index is 3.03. The summed E-state index contributed by atoms with van der Waals surface area (Å²) in [5.41, 5.74) is 0.191. The van der Waals surface area contributed by atoms with Crippen LogP contribution in [0.2, 0.25) is 0 Å². The summed E-state index contributed by atoms with van der Waals surface area (Å²) in [7, 11) is 0. The van der Waals surface area contributed by atoms with E-state index >= 15 is 0 Å². The molecule has 0 amide bonds. The lowest BCUT2D eigenvalue weighted by Crippen LogP contribution is -2.03. The maximum Gasteiger partial charge on any atom is 0.166 e. The van der Waals surface area contributed by atoms with Crippen LogP contribution in [0.5, 0.6) is 0 Å². The van der Waals surface area contributed by atoms with Crippen molar-refractivity contribution in [1.82, 2.24) is 0 Å². The number of rotatable bonds is 4. The lowest BCUT2D eigenvalue weighted by Gasteiger charge is -2.04. The van der Waals surface area contributed by atoms with Gasteiger partial charge in [0, 0.05) is 16.6 Å². The smallest absolute Gasteiger partial charge is 0.166 e. The zero-order valence-electron chi connectivity index (χ0n) is 7.72. The fourth-order valence-corrected chi connectivity index (χ4v) is 1.97. The Bertz CT molecular complexity index is 341. The Kier molecular flexibility index (Phi) is 4.62. The zero-order valence-corrected chi connectivity index (χ0v) is 10.1. The van der Waals surface area contributed by atoms with Crippen LogP contribution in [0.25, 0.3) is 0 Å². The Morgan fingerprint density at radius 1 is 1.57 bits per heavy atom. The normalized spacial score (nSPS) is 10.2. The van der Waals surface area contributed by atoms with Gasteiger partial charge in [0.1, 0.15) is 5.82 Å². The van der Waals surface area contributed by atoms with Gasteiger partial charge in [-0.05, 0) is 18.4 Å². The molecule has 0 aromatic heterocycles. The number of Topliss-reactive ketones (excluding diaryl/α,β-unsaturated/α-hetero) is 1. The molecule has 1 nitrogen and oxygen atoms in total. The van der Waals surface area contributed by atoms with E-state index in [9.17, 15) is 9.18 Å². The lowest BCUT2D eigenvalue weighted by atomic mass is 10.1. The summed E-state index contributed by atoms with van der Waals surface area (Å²) < 4.78 is 13.6. The number of thioether (sulfide) groups is 1. The summed E-state index contributed by atoms with van der Waals surface area (Å²) in [6.07, 6.45) is 2.12. The fourth-order valence-electron chi connectivity index (χ4n) is 1.10. The first-order valence-electron chi connectivity index (χ1n) is 4.12. The molecule has 0 saturated carbocycles. The van der Waals surface area contributed by atoms with E-state index in [-0.39, 0.29) is 11.3 Å². The largest absolute Gasteiger partial charge is 0.294 e. The third-order valence-corrected chi connectivity index (χ3v) is 2.96. The zero-order chi connectivity index (χ0) is 10.6. The van der Waals surface area contributed by atoms with Gasteiger partial charge in [-0.25, -0.2) is 4.39 Å². The van der Waals surface area contributed by atoms with Gasteiger partial charge >= 0.3 is 0 Å². The van der Waals surface area contributed by atoms with Crippen molar-refractivity contribution in [2.45, 2.75) is 11.3 Å². The van der Waals surface area contributed by atoms with Crippen LogP contribution in [0, 0.1) is 5.82 Å². The second-order valence-corrected chi connectivity index (χ2v) is 4.33. The van der Waals surface area contributed by atoms with E-state index in [0.717, 1.165) is 0 Å². The van der Waals surface area contributed by atoms with Crippen molar-refractivity contribution >= 4 is 33.5 Å². The highest BCUT2D eigenvalue weighted by Crippen LogP contribution is 2.22. The number of alkyl halides is 1. The standard InChI is InChI=1S/C10H10BrFOS/c1-14-9-4-2-3-7(10(9)12)8(13)5-6-11/h2-4H,5-6H2,1H3. The van der Waals surface area contributed by atoms with Crippen molar-refractivity contribution in [3.8, 4) is 0 Å². The van der Waals surface area contributed by atoms with Crippen LogP contribution < -0.4 is 0 Å². The summed E-state index contributed by atoms with van der Waals surface area (Å²) in [5.74, 6) is -0.554. The van der Waals surface area contributed by atoms with Crippen LogP contribution in [0.4, 0.5) is 4.39 Å². The number of hydrogen-bond acceptors (Lipinski definition) is 2. The average Bonchev–Trinajstić information content (AvgIpc) is 2.18. The minimum atomic E-state index is -0.397. The van der Waals surface area contributed by atoms with Crippen molar-refractivity contribution in [2.24, 2.45) is 0 Å². The molecular formula is C10H10BrFOS. The van der Waals surface area contributed by atoms with Crippen LogP contribution in [-0.4, -0.2) is 17.4 Å². The molecule has 1 aromatic carbocycles. The second kappa shape index (κ2) is 5.51. The summed E-state index contributed by atoms with van der Waals surface area (Å²) >= 11 is 4.47. The Labute approximate surface area is 95.2 Å². The molecule has 76 valence electrons. The van der Waals surface area contributed by atoms with E-state index < -0.39 is 5.82 Å². The highest BCUT2D eigenvalue weighted by molar-refractivity contribution is 9.09. The third-order valence-electron chi connectivity index (χ3n) is 1.81. The Morgan fingerprint density at radius 2 is 2.29 bits per heavy atom. The molecule has 0 aliphatic heterocycles. The van der Waals surface area contributed by atoms with Gasteiger partial charge < -0.3 is 0 Å². The molecule has 0 bridgehead atoms. The summed E-state index contributed by atoms with van der Waals surface area (Å²) in [6.45, 7) is 0. The van der Waals surface area contributed by atoms with Gasteiger partial charge in [0.25, 0.3) is 0 Å². The molecule has 0 fully saturated rings. The predicted octanol–water partition coefficient (Wildman–Crippen LogP) is 3.52. The van der Waals surface area contributed by atoms with Crippen molar-refractivity contribution < 1.29 is 9.18 Å². The molecule has 1 rings (SSSR count). The van der Waals surface area contributed by atoms with Gasteiger partial charge in [-0.15, -0.1) is 11.8 Å². The van der Waals surface area contributed by atoms with E-state index in [4.69, 9.17) is 0 Å². The van der Waals surface area contributed by atoms with Crippen LogP contribution in [-0.2, 0) is 0 Å². The van der Waals surface area contributed by atoms with Gasteiger partial charge in [0.15, 0.2) is 5.78 Å². The van der Waals surface area contributed by atoms with Crippen LogP contribution in [0.3, 0.4) is 0 Å². The van der Waals surface area contributed by atoms with Crippen molar-refractivity contribution in [2.75, 3.05) is 11.6 Å². The maximum atomic E-state index is 13.6. The van der Waals surface area contributed by atoms with Crippen LogP contribution >= 0.6 is 27.7 Å². The molecule has 0 unspecified atom stereocenters. The van der Waals surface area contributed by atoms with E-state index in [1.54, 1.807) is 18.4 Å². The number of ketones is 1. The predicted molar refractivity (Wildman–Crippen MR) is 60.9 cm³/mol. The molecule has 0 N–H and O–H groups in total. The van der Waals surface area contributed by atoms with Crippen LogP contribution in [0.1, 0.15) is 16.8 Å². The Morgan fingerprint density at radius 3 is 2.86 bits per heavy atom. The number of benzene rings is 1. The summed E-state index contributed by atoms with van der Waals surface area (Å²) in [6, 6.07) is 4.90. The van der Waals surface area contributed by atoms with E-state index in [1.807, 2.05) is 0 Å². The first-order chi connectivity index (χ1) is 6.70. The molecule has 0 heterocycles. The minimum absolute atomic E-state index is 0.157. The monoisotopic (exact) mass is 276 g/mol. The summed E-state index contributed by atoms with van der Waals surface area (Å²) in [4.78, 5) is 12.0. The van der Waals surface area contributed by atoms with Gasteiger partial charge in [0.2, 0.25) is 0 Å². The van der Waals surface area contributed by atoms with Crippen molar-refractivity contribution in [3.05, 3.63) is 29.6 Å². The number of carbonyl (C=O) groups is 1. The molecule has 1 aromatic rings. The van der Waals surface area contributed by atoms with Crippen molar-refractivity contribution in [1.29, 1.82) is 0 Å². The number of halogens is 2. The highest BCUT2D eigenvalue weighted by Gasteiger charge is 2.13.